The Labute approximate surface area is 134 Å². The van der Waals surface area contributed by atoms with Crippen molar-refractivity contribution in [2.75, 3.05) is 11.4 Å². The third-order valence-corrected chi connectivity index (χ3v) is 3.89. The molecule has 0 spiro atoms. The molecule has 0 bridgehead atoms. The third-order valence-electron chi connectivity index (χ3n) is 3.08. The summed E-state index contributed by atoms with van der Waals surface area (Å²) in [5.74, 6) is -0.140. The summed E-state index contributed by atoms with van der Waals surface area (Å²) < 4.78 is 0. The molecule has 2 rings (SSSR count). The van der Waals surface area contributed by atoms with E-state index in [0.29, 0.717) is 27.8 Å². The van der Waals surface area contributed by atoms with Crippen molar-refractivity contribution in [2.45, 2.75) is 6.92 Å². The first kappa shape index (κ1) is 15.6. The highest BCUT2D eigenvalue weighted by atomic mass is 35.5. The lowest BCUT2D eigenvalue weighted by Crippen LogP contribution is -2.31. The predicted molar refractivity (Wildman–Crippen MR) is 89.5 cm³/mol. The van der Waals surface area contributed by atoms with E-state index in [1.807, 2.05) is 19.1 Å². The molecule has 0 saturated heterocycles. The number of benzene rings is 2. The molecule has 1 amide bonds. The monoisotopic (exact) mass is 319 g/mol. The minimum absolute atomic E-state index is 0.140. The normalized spacial score (nSPS) is 10.2. The Morgan fingerprint density at radius 2 is 1.86 bits per heavy atom. The molecule has 2 nitrogen and oxygen atoms in total. The van der Waals surface area contributed by atoms with Crippen molar-refractivity contribution in [1.29, 1.82) is 0 Å². The zero-order chi connectivity index (χ0) is 15.4. The summed E-state index contributed by atoms with van der Waals surface area (Å²) in [5.41, 5.74) is 2.27. The average molecular weight is 320 g/mol. The molecule has 4 heteroatoms. The Hall–Kier alpha value is -1.77. The van der Waals surface area contributed by atoms with Crippen LogP contribution in [0.25, 0.3) is 0 Å². The van der Waals surface area contributed by atoms with E-state index in [1.165, 1.54) is 0 Å². The highest BCUT2D eigenvalue weighted by Gasteiger charge is 2.19. The second kappa shape index (κ2) is 6.79. The number of nitrogens with zero attached hydrogens (tertiary/aromatic N) is 1. The van der Waals surface area contributed by atoms with E-state index in [-0.39, 0.29) is 5.91 Å². The first-order valence-electron chi connectivity index (χ1n) is 6.48. The van der Waals surface area contributed by atoms with Gasteiger partial charge in [-0.2, -0.15) is 0 Å². The molecular weight excluding hydrogens is 305 g/mol. The van der Waals surface area contributed by atoms with Gasteiger partial charge in [-0.1, -0.05) is 53.0 Å². The molecule has 0 unspecified atom stereocenters. The van der Waals surface area contributed by atoms with Crippen molar-refractivity contribution in [2.24, 2.45) is 0 Å². The van der Waals surface area contributed by atoms with Crippen LogP contribution in [0.4, 0.5) is 5.69 Å². The maximum atomic E-state index is 12.7. The molecule has 0 atom stereocenters. The Morgan fingerprint density at radius 1 is 1.19 bits per heavy atom. The lowest BCUT2D eigenvalue weighted by atomic mass is 10.1. The van der Waals surface area contributed by atoms with Crippen molar-refractivity contribution in [3.63, 3.8) is 0 Å². The van der Waals surface area contributed by atoms with Gasteiger partial charge in [-0.15, -0.1) is 6.58 Å². The highest BCUT2D eigenvalue weighted by Crippen LogP contribution is 2.33. The van der Waals surface area contributed by atoms with Crippen molar-refractivity contribution in [1.82, 2.24) is 0 Å². The van der Waals surface area contributed by atoms with Crippen LogP contribution in [0.2, 0.25) is 10.0 Å². The number of amides is 1. The minimum Gasteiger partial charge on any atom is -0.303 e. The Bertz CT molecular complexity index is 665. The van der Waals surface area contributed by atoms with Crippen LogP contribution in [0.3, 0.4) is 0 Å². The van der Waals surface area contributed by atoms with E-state index >= 15 is 0 Å². The van der Waals surface area contributed by atoms with Gasteiger partial charge < -0.3 is 4.90 Å². The van der Waals surface area contributed by atoms with Gasteiger partial charge in [-0.25, -0.2) is 0 Å². The van der Waals surface area contributed by atoms with Crippen LogP contribution >= 0.6 is 23.2 Å². The van der Waals surface area contributed by atoms with Crippen LogP contribution in [0.15, 0.2) is 55.1 Å². The maximum Gasteiger partial charge on any atom is 0.258 e. The van der Waals surface area contributed by atoms with E-state index < -0.39 is 0 Å². The lowest BCUT2D eigenvalue weighted by molar-refractivity contribution is 0.0989. The van der Waals surface area contributed by atoms with E-state index in [9.17, 15) is 4.79 Å². The number of carbonyl (C=O) groups excluding carboxylic acids is 1. The molecule has 0 heterocycles. The van der Waals surface area contributed by atoms with E-state index in [0.717, 1.165) is 5.56 Å². The summed E-state index contributed by atoms with van der Waals surface area (Å²) in [7, 11) is 0. The standard InChI is InChI=1S/C17H15Cl2NO/c1-3-11-20(15-6-4-5-14(18)16(15)19)17(21)13-9-7-12(2)8-10-13/h3-10H,1,11H2,2H3. The molecule has 2 aromatic rings. The smallest absolute Gasteiger partial charge is 0.258 e. The van der Waals surface area contributed by atoms with Gasteiger partial charge in [0.15, 0.2) is 0 Å². The summed E-state index contributed by atoms with van der Waals surface area (Å²) in [5, 5.41) is 0.779. The molecule has 0 aliphatic rings. The van der Waals surface area contributed by atoms with Gasteiger partial charge in [-0.05, 0) is 31.2 Å². The highest BCUT2D eigenvalue weighted by molar-refractivity contribution is 6.44. The molecule has 0 aliphatic carbocycles. The molecule has 108 valence electrons. The topological polar surface area (TPSA) is 20.3 Å². The van der Waals surface area contributed by atoms with Crippen LogP contribution in [-0.2, 0) is 0 Å². The molecule has 0 aromatic heterocycles. The van der Waals surface area contributed by atoms with Crippen molar-refractivity contribution >= 4 is 34.8 Å². The van der Waals surface area contributed by atoms with Crippen LogP contribution in [-0.4, -0.2) is 12.5 Å². The SMILES string of the molecule is C=CCN(C(=O)c1ccc(C)cc1)c1cccc(Cl)c1Cl. The largest absolute Gasteiger partial charge is 0.303 e. The van der Waals surface area contributed by atoms with Gasteiger partial charge in [0.05, 0.1) is 15.7 Å². The number of carbonyl (C=O) groups is 1. The number of halogens is 2. The zero-order valence-corrected chi connectivity index (χ0v) is 13.2. The molecule has 0 N–H and O–H groups in total. The third kappa shape index (κ3) is 3.46. The molecular formula is C17H15Cl2NO. The molecule has 0 radical (unpaired) electrons. The van der Waals surface area contributed by atoms with Gasteiger partial charge in [0.25, 0.3) is 5.91 Å². The second-order valence-corrected chi connectivity index (χ2v) is 5.43. The fourth-order valence-corrected chi connectivity index (χ4v) is 2.37. The van der Waals surface area contributed by atoms with Gasteiger partial charge in [0, 0.05) is 12.1 Å². The van der Waals surface area contributed by atoms with Crippen molar-refractivity contribution < 1.29 is 4.79 Å². The van der Waals surface area contributed by atoms with Gasteiger partial charge in [-0.3, -0.25) is 4.79 Å². The van der Waals surface area contributed by atoms with Crippen molar-refractivity contribution in [3.8, 4) is 0 Å². The maximum absolute atomic E-state index is 12.7. The van der Waals surface area contributed by atoms with Crippen LogP contribution in [0.5, 0.6) is 0 Å². The van der Waals surface area contributed by atoms with E-state index in [2.05, 4.69) is 6.58 Å². The number of rotatable bonds is 4. The van der Waals surface area contributed by atoms with Gasteiger partial charge in [0.2, 0.25) is 0 Å². The zero-order valence-electron chi connectivity index (χ0n) is 11.6. The lowest BCUT2D eigenvalue weighted by Gasteiger charge is -2.23. The Morgan fingerprint density at radius 3 is 2.48 bits per heavy atom. The fourth-order valence-electron chi connectivity index (χ4n) is 1.97. The summed E-state index contributed by atoms with van der Waals surface area (Å²) in [6.45, 7) is 6.03. The Kier molecular flexibility index (Phi) is 5.05. The number of hydrogen-bond acceptors (Lipinski definition) is 1. The molecule has 0 aliphatic heterocycles. The van der Waals surface area contributed by atoms with E-state index in [4.69, 9.17) is 23.2 Å². The molecule has 0 saturated carbocycles. The van der Waals surface area contributed by atoms with Gasteiger partial charge in [0.1, 0.15) is 0 Å². The minimum atomic E-state index is -0.140. The summed E-state index contributed by atoms with van der Waals surface area (Å²) >= 11 is 12.3. The summed E-state index contributed by atoms with van der Waals surface area (Å²) in [4.78, 5) is 14.2. The average Bonchev–Trinajstić information content (AvgIpc) is 2.48. The summed E-state index contributed by atoms with van der Waals surface area (Å²) in [6, 6.07) is 12.6. The van der Waals surface area contributed by atoms with Crippen LogP contribution in [0.1, 0.15) is 15.9 Å². The van der Waals surface area contributed by atoms with E-state index in [1.54, 1.807) is 41.3 Å². The number of hydrogen-bond donors (Lipinski definition) is 0. The first-order valence-corrected chi connectivity index (χ1v) is 7.23. The quantitative estimate of drug-likeness (QED) is 0.715. The fraction of sp³-hybridized carbons (Fsp3) is 0.118. The first-order chi connectivity index (χ1) is 10.0. The Balaban J connectivity index is 2.43. The van der Waals surface area contributed by atoms with Crippen LogP contribution < -0.4 is 4.90 Å². The number of aryl methyl sites for hydroxylation is 1. The van der Waals surface area contributed by atoms with Gasteiger partial charge >= 0.3 is 0 Å². The molecule has 0 fully saturated rings. The van der Waals surface area contributed by atoms with Crippen LogP contribution in [0, 0.1) is 6.92 Å². The second-order valence-electron chi connectivity index (χ2n) is 4.64. The summed E-state index contributed by atoms with van der Waals surface area (Å²) in [6.07, 6.45) is 1.66. The predicted octanol–water partition coefficient (Wildman–Crippen LogP) is 5.13. The molecule has 21 heavy (non-hydrogen) atoms. The molecule has 2 aromatic carbocycles. The number of anilines is 1. The van der Waals surface area contributed by atoms with Crippen molar-refractivity contribution in [3.05, 3.63) is 76.3 Å².